The van der Waals surface area contributed by atoms with E-state index < -0.39 is 0 Å². The van der Waals surface area contributed by atoms with Gasteiger partial charge in [-0.1, -0.05) is 11.2 Å². The maximum absolute atomic E-state index is 8.95. The summed E-state index contributed by atoms with van der Waals surface area (Å²) in [6.07, 6.45) is 5.19. The number of aromatic nitrogens is 5. The van der Waals surface area contributed by atoms with Gasteiger partial charge in [0.2, 0.25) is 5.95 Å². The van der Waals surface area contributed by atoms with Crippen LogP contribution in [0.25, 0.3) is 11.4 Å². The number of nitriles is 1. The lowest BCUT2D eigenvalue weighted by Crippen LogP contribution is -2.25. The monoisotopic (exact) mass is 424 g/mol. The van der Waals surface area contributed by atoms with Gasteiger partial charge in [0.05, 0.1) is 17.3 Å². The highest BCUT2D eigenvalue weighted by Gasteiger charge is 2.32. The van der Waals surface area contributed by atoms with E-state index in [4.69, 9.17) is 14.8 Å². The first kappa shape index (κ1) is 19.6. The Balaban J connectivity index is 1.40. The molecule has 0 spiro atoms. The molecule has 1 N–H and O–H groups in total. The molecule has 4 aromatic rings. The fourth-order valence-corrected chi connectivity index (χ4v) is 3.79. The van der Waals surface area contributed by atoms with Crippen LogP contribution in [0.2, 0.25) is 0 Å². The van der Waals surface area contributed by atoms with Crippen LogP contribution >= 0.6 is 0 Å². The summed E-state index contributed by atoms with van der Waals surface area (Å²) in [4.78, 5) is 20.1. The molecule has 0 bridgehead atoms. The molecule has 158 valence electrons. The predicted octanol–water partition coefficient (Wildman–Crippen LogP) is 4.19. The number of hydrogen-bond donors (Lipinski definition) is 1. The molecule has 9 heteroatoms. The molecule has 1 saturated heterocycles. The van der Waals surface area contributed by atoms with Gasteiger partial charge in [-0.2, -0.15) is 10.2 Å². The van der Waals surface area contributed by atoms with Crippen LogP contribution < -0.4 is 10.2 Å². The largest absolute Gasteiger partial charge is 0.358 e. The minimum Gasteiger partial charge on any atom is -0.358 e. The maximum Gasteiger partial charge on any atom is 0.228 e. The molecule has 0 radical (unpaired) electrons. The summed E-state index contributed by atoms with van der Waals surface area (Å²) >= 11 is 0. The molecule has 0 aliphatic carbocycles. The lowest BCUT2D eigenvalue weighted by Gasteiger charge is -2.23. The summed E-state index contributed by atoms with van der Waals surface area (Å²) in [7, 11) is 0. The molecule has 0 unspecified atom stereocenters. The van der Waals surface area contributed by atoms with Crippen molar-refractivity contribution in [3.8, 4) is 17.5 Å². The highest BCUT2D eigenvalue weighted by molar-refractivity contribution is 5.56. The topological polar surface area (TPSA) is 117 Å². The van der Waals surface area contributed by atoms with Crippen molar-refractivity contribution in [1.29, 1.82) is 5.26 Å². The van der Waals surface area contributed by atoms with Crippen molar-refractivity contribution in [2.75, 3.05) is 16.8 Å². The fraction of sp³-hybridized carbons (Fsp3) is 0.217. The molecule has 9 nitrogen and oxygen atoms in total. The number of aryl methyl sites for hydroxylation is 1. The Labute approximate surface area is 184 Å². The second-order valence-corrected chi connectivity index (χ2v) is 7.54. The summed E-state index contributed by atoms with van der Waals surface area (Å²) in [5.74, 6) is 2.65. The van der Waals surface area contributed by atoms with Gasteiger partial charge in [-0.15, -0.1) is 0 Å². The molecule has 5 rings (SSSR count). The highest BCUT2D eigenvalue weighted by atomic mass is 16.5. The Morgan fingerprint density at radius 2 is 2.03 bits per heavy atom. The number of hydrogen-bond acceptors (Lipinski definition) is 9. The van der Waals surface area contributed by atoms with Crippen LogP contribution in [0, 0.1) is 18.3 Å². The van der Waals surface area contributed by atoms with Crippen molar-refractivity contribution in [2.45, 2.75) is 25.8 Å². The van der Waals surface area contributed by atoms with Crippen LogP contribution in [0.15, 0.2) is 59.4 Å². The van der Waals surface area contributed by atoms with Gasteiger partial charge >= 0.3 is 0 Å². The quantitative estimate of drug-likeness (QED) is 0.503. The molecule has 0 amide bonds. The smallest absolute Gasteiger partial charge is 0.228 e. The van der Waals surface area contributed by atoms with Gasteiger partial charge in [0.15, 0.2) is 5.76 Å². The zero-order valence-electron chi connectivity index (χ0n) is 17.4. The third-order valence-electron chi connectivity index (χ3n) is 5.28. The zero-order valence-corrected chi connectivity index (χ0v) is 17.4. The Bertz CT molecular complexity index is 1260. The second-order valence-electron chi connectivity index (χ2n) is 7.54. The van der Waals surface area contributed by atoms with E-state index in [1.807, 2.05) is 37.3 Å². The number of rotatable bonds is 5. The molecular formula is C23H20N8O. The first-order chi connectivity index (χ1) is 15.7. The van der Waals surface area contributed by atoms with Crippen LogP contribution in [0.5, 0.6) is 0 Å². The lowest BCUT2D eigenvalue weighted by molar-refractivity contribution is 0.362. The Kier molecular flexibility index (Phi) is 5.17. The molecule has 0 saturated carbocycles. The van der Waals surface area contributed by atoms with E-state index in [2.05, 4.69) is 36.4 Å². The SMILES string of the molecule is Cc1cc(Nc2ccc(C#N)cn2)nc(N2CCC[C@H]2c2cc(-c3ccccn3)no2)n1. The number of pyridine rings is 2. The molecule has 1 fully saturated rings. The van der Waals surface area contributed by atoms with E-state index in [0.29, 0.717) is 28.8 Å². The normalized spacial score (nSPS) is 15.5. The number of nitrogens with zero attached hydrogens (tertiary/aromatic N) is 7. The minimum absolute atomic E-state index is 0.00245. The summed E-state index contributed by atoms with van der Waals surface area (Å²) in [6, 6.07) is 15.0. The first-order valence-corrected chi connectivity index (χ1v) is 10.3. The van der Waals surface area contributed by atoms with E-state index in [0.717, 1.165) is 36.5 Å². The van der Waals surface area contributed by atoms with Gasteiger partial charge in [0, 0.05) is 36.8 Å². The predicted molar refractivity (Wildman–Crippen MR) is 118 cm³/mol. The van der Waals surface area contributed by atoms with E-state index >= 15 is 0 Å². The van der Waals surface area contributed by atoms with Gasteiger partial charge in [0.25, 0.3) is 0 Å². The van der Waals surface area contributed by atoms with Gasteiger partial charge in [-0.3, -0.25) is 4.98 Å². The summed E-state index contributed by atoms with van der Waals surface area (Å²) in [6.45, 7) is 2.75. The third-order valence-corrected chi connectivity index (χ3v) is 5.28. The van der Waals surface area contributed by atoms with E-state index in [1.165, 1.54) is 6.20 Å². The van der Waals surface area contributed by atoms with Crippen LogP contribution in [-0.4, -0.2) is 31.6 Å². The van der Waals surface area contributed by atoms with Crippen molar-refractivity contribution >= 4 is 17.6 Å². The summed E-state index contributed by atoms with van der Waals surface area (Å²) < 4.78 is 5.69. The molecule has 32 heavy (non-hydrogen) atoms. The van der Waals surface area contributed by atoms with Gasteiger partial charge in [-0.25, -0.2) is 9.97 Å². The molecule has 1 atom stereocenters. The van der Waals surface area contributed by atoms with Crippen molar-refractivity contribution in [3.05, 3.63) is 71.9 Å². The number of anilines is 3. The molecule has 1 aliphatic heterocycles. The van der Waals surface area contributed by atoms with Gasteiger partial charge in [-0.05, 0) is 44.0 Å². The molecule has 1 aliphatic rings. The van der Waals surface area contributed by atoms with Crippen molar-refractivity contribution < 1.29 is 4.52 Å². The molecule has 0 aromatic carbocycles. The second kappa shape index (κ2) is 8.43. The Hall–Kier alpha value is -4.32. The standard InChI is InChI=1S/C23H20N8O/c1-15-11-22(28-21-8-7-16(13-24)14-26-21)29-23(27-15)31-10-4-6-19(31)20-12-18(30-32-20)17-5-2-3-9-25-17/h2-3,5,7-9,11-12,14,19H,4,6,10H2,1H3,(H,26,27,28,29)/t19-/m0/s1. The summed E-state index contributed by atoms with van der Waals surface area (Å²) in [5.41, 5.74) is 2.84. The fourth-order valence-electron chi connectivity index (χ4n) is 3.79. The maximum atomic E-state index is 8.95. The summed E-state index contributed by atoms with van der Waals surface area (Å²) in [5, 5.41) is 16.4. The van der Waals surface area contributed by atoms with Crippen LogP contribution in [0.3, 0.4) is 0 Å². The minimum atomic E-state index is 0.00245. The van der Waals surface area contributed by atoms with Gasteiger partial charge in [0.1, 0.15) is 23.4 Å². The molecular weight excluding hydrogens is 404 g/mol. The van der Waals surface area contributed by atoms with Crippen LogP contribution in [-0.2, 0) is 0 Å². The van der Waals surface area contributed by atoms with E-state index in [1.54, 1.807) is 18.3 Å². The zero-order chi connectivity index (χ0) is 21.9. The average Bonchev–Trinajstić information content (AvgIpc) is 3.50. The van der Waals surface area contributed by atoms with Crippen LogP contribution in [0.1, 0.15) is 35.9 Å². The van der Waals surface area contributed by atoms with Crippen molar-refractivity contribution in [2.24, 2.45) is 0 Å². The van der Waals surface area contributed by atoms with Crippen molar-refractivity contribution in [3.63, 3.8) is 0 Å². The van der Waals surface area contributed by atoms with Gasteiger partial charge < -0.3 is 14.7 Å². The Morgan fingerprint density at radius 3 is 2.81 bits per heavy atom. The lowest BCUT2D eigenvalue weighted by atomic mass is 10.1. The average molecular weight is 424 g/mol. The Morgan fingerprint density at radius 1 is 1.09 bits per heavy atom. The number of nitrogens with one attached hydrogen (secondary N) is 1. The van der Waals surface area contributed by atoms with E-state index in [-0.39, 0.29) is 6.04 Å². The van der Waals surface area contributed by atoms with Crippen LogP contribution in [0.4, 0.5) is 17.6 Å². The van der Waals surface area contributed by atoms with Crippen molar-refractivity contribution in [1.82, 2.24) is 25.1 Å². The highest BCUT2D eigenvalue weighted by Crippen LogP contribution is 2.36. The molecule has 5 heterocycles. The first-order valence-electron chi connectivity index (χ1n) is 10.3. The molecule has 4 aromatic heterocycles. The third kappa shape index (κ3) is 3.98. The van der Waals surface area contributed by atoms with E-state index in [9.17, 15) is 0 Å².